The molecular formula is C24H24ClN3O3. The van der Waals surface area contributed by atoms with Crippen LogP contribution in [-0.4, -0.2) is 25.0 Å². The van der Waals surface area contributed by atoms with Crippen molar-refractivity contribution in [2.45, 2.75) is 13.3 Å². The lowest BCUT2D eigenvalue weighted by Gasteiger charge is -2.24. The van der Waals surface area contributed by atoms with Gasteiger partial charge in [0.05, 0.1) is 0 Å². The molecule has 3 amide bonds. The number of hydrogen-bond acceptors (Lipinski definition) is 3. The van der Waals surface area contributed by atoms with Crippen molar-refractivity contribution in [3.05, 3.63) is 83.9 Å². The van der Waals surface area contributed by atoms with Crippen LogP contribution in [0.5, 0.6) is 11.5 Å². The van der Waals surface area contributed by atoms with Crippen molar-refractivity contribution in [2.24, 2.45) is 0 Å². The quantitative estimate of drug-likeness (QED) is 0.475. The monoisotopic (exact) mass is 437 g/mol. The number of carbonyl (C=O) groups is 2. The van der Waals surface area contributed by atoms with Crippen LogP contribution in [0.1, 0.15) is 13.3 Å². The van der Waals surface area contributed by atoms with Crippen molar-refractivity contribution in [3.8, 4) is 11.5 Å². The molecule has 0 bridgehead atoms. The zero-order chi connectivity index (χ0) is 22.1. The van der Waals surface area contributed by atoms with E-state index in [1.165, 1.54) is 0 Å². The third kappa shape index (κ3) is 6.76. The minimum absolute atomic E-state index is 0.0651. The second-order valence-electron chi connectivity index (χ2n) is 6.70. The van der Waals surface area contributed by atoms with E-state index in [0.29, 0.717) is 41.7 Å². The highest BCUT2D eigenvalue weighted by Gasteiger charge is 2.16. The Morgan fingerprint density at radius 1 is 0.903 bits per heavy atom. The Morgan fingerprint density at radius 2 is 1.55 bits per heavy atom. The third-order valence-electron chi connectivity index (χ3n) is 4.45. The van der Waals surface area contributed by atoms with Crippen LogP contribution >= 0.6 is 11.6 Å². The standard InChI is InChI=1S/C24H24ClN3O3/c1-2-23(29)26-16-17-28(24(30)27-19-10-8-18(25)9-11-19)20-12-14-22(15-13-20)31-21-6-4-3-5-7-21/h3-15H,2,16-17H2,1H3,(H,26,29)(H,27,30). The molecule has 3 rings (SSSR count). The fourth-order valence-electron chi connectivity index (χ4n) is 2.82. The lowest BCUT2D eigenvalue weighted by atomic mass is 10.2. The number of anilines is 2. The van der Waals surface area contributed by atoms with Gasteiger partial charge in [0.1, 0.15) is 11.5 Å². The molecule has 6 nitrogen and oxygen atoms in total. The van der Waals surface area contributed by atoms with E-state index in [-0.39, 0.29) is 11.9 Å². The van der Waals surface area contributed by atoms with Crippen molar-refractivity contribution in [3.63, 3.8) is 0 Å². The zero-order valence-electron chi connectivity index (χ0n) is 17.2. The molecule has 0 unspecified atom stereocenters. The first-order valence-corrected chi connectivity index (χ1v) is 10.4. The molecule has 0 aliphatic rings. The van der Waals surface area contributed by atoms with E-state index in [0.717, 1.165) is 5.75 Å². The second kappa shape index (κ2) is 11.0. The van der Waals surface area contributed by atoms with Crippen LogP contribution in [0.2, 0.25) is 5.02 Å². The molecule has 0 aliphatic heterocycles. The first-order valence-electron chi connectivity index (χ1n) is 9.99. The number of para-hydroxylation sites is 1. The number of halogens is 1. The maximum Gasteiger partial charge on any atom is 0.326 e. The van der Waals surface area contributed by atoms with Gasteiger partial charge in [-0.05, 0) is 60.7 Å². The van der Waals surface area contributed by atoms with Crippen LogP contribution < -0.4 is 20.3 Å². The van der Waals surface area contributed by atoms with Gasteiger partial charge in [0.2, 0.25) is 5.91 Å². The second-order valence-corrected chi connectivity index (χ2v) is 7.14. The Kier molecular flexibility index (Phi) is 7.90. The van der Waals surface area contributed by atoms with Gasteiger partial charge in [0.15, 0.2) is 0 Å². The molecular weight excluding hydrogens is 414 g/mol. The number of hydrogen-bond donors (Lipinski definition) is 2. The summed E-state index contributed by atoms with van der Waals surface area (Å²) in [5, 5.41) is 6.25. The van der Waals surface area contributed by atoms with Gasteiger partial charge >= 0.3 is 6.03 Å². The predicted octanol–water partition coefficient (Wildman–Crippen LogP) is 5.70. The summed E-state index contributed by atoms with van der Waals surface area (Å²) in [6, 6.07) is 23.2. The molecule has 0 radical (unpaired) electrons. The Bertz CT molecular complexity index is 993. The van der Waals surface area contributed by atoms with Crippen molar-refractivity contribution < 1.29 is 14.3 Å². The van der Waals surface area contributed by atoms with Crippen LogP contribution in [0.3, 0.4) is 0 Å². The fourth-order valence-corrected chi connectivity index (χ4v) is 2.95. The molecule has 0 fully saturated rings. The molecule has 0 aromatic heterocycles. The number of nitrogens with one attached hydrogen (secondary N) is 2. The largest absolute Gasteiger partial charge is 0.457 e. The molecule has 160 valence electrons. The molecule has 3 aromatic carbocycles. The number of amides is 3. The topological polar surface area (TPSA) is 70.7 Å². The minimum Gasteiger partial charge on any atom is -0.457 e. The molecule has 7 heteroatoms. The van der Waals surface area contributed by atoms with Gasteiger partial charge in [-0.2, -0.15) is 0 Å². The molecule has 3 aromatic rings. The summed E-state index contributed by atoms with van der Waals surface area (Å²) in [7, 11) is 0. The average Bonchev–Trinajstić information content (AvgIpc) is 2.79. The summed E-state index contributed by atoms with van der Waals surface area (Å²) in [4.78, 5) is 26.1. The number of ether oxygens (including phenoxy) is 1. The number of benzene rings is 3. The van der Waals surface area contributed by atoms with Gasteiger partial charge in [0, 0.05) is 35.9 Å². The van der Waals surface area contributed by atoms with Crippen LogP contribution in [0.4, 0.5) is 16.2 Å². The van der Waals surface area contributed by atoms with E-state index in [2.05, 4.69) is 10.6 Å². The van der Waals surface area contributed by atoms with E-state index < -0.39 is 0 Å². The summed E-state index contributed by atoms with van der Waals surface area (Å²) in [5.41, 5.74) is 1.30. The maximum absolute atomic E-state index is 13.0. The third-order valence-corrected chi connectivity index (χ3v) is 4.70. The number of carbonyl (C=O) groups excluding carboxylic acids is 2. The van der Waals surface area contributed by atoms with Gasteiger partial charge in [-0.1, -0.05) is 36.7 Å². The SMILES string of the molecule is CCC(=O)NCCN(C(=O)Nc1ccc(Cl)cc1)c1ccc(Oc2ccccc2)cc1. The Labute approximate surface area is 186 Å². The molecule has 0 atom stereocenters. The maximum atomic E-state index is 13.0. The van der Waals surface area contributed by atoms with E-state index in [9.17, 15) is 9.59 Å². The van der Waals surface area contributed by atoms with Crippen molar-refractivity contribution in [2.75, 3.05) is 23.3 Å². The molecule has 0 saturated heterocycles. The van der Waals surface area contributed by atoms with Gasteiger partial charge < -0.3 is 15.4 Å². The molecule has 2 N–H and O–H groups in total. The van der Waals surface area contributed by atoms with E-state index in [1.54, 1.807) is 60.4 Å². The summed E-state index contributed by atoms with van der Waals surface area (Å²) >= 11 is 5.92. The zero-order valence-corrected chi connectivity index (χ0v) is 17.9. The molecule has 31 heavy (non-hydrogen) atoms. The molecule has 0 spiro atoms. The highest BCUT2D eigenvalue weighted by atomic mass is 35.5. The van der Waals surface area contributed by atoms with Gasteiger partial charge in [0.25, 0.3) is 0 Å². The van der Waals surface area contributed by atoms with Crippen molar-refractivity contribution in [1.29, 1.82) is 0 Å². The average molecular weight is 438 g/mol. The fraction of sp³-hybridized carbons (Fsp3) is 0.167. The molecule has 0 aliphatic carbocycles. The van der Waals surface area contributed by atoms with Crippen LogP contribution in [0.25, 0.3) is 0 Å². The highest BCUT2D eigenvalue weighted by molar-refractivity contribution is 6.30. The summed E-state index contributed by atoms with van der Waals surface area (Å²) in [6.07, 6.45) is 0.391. The summed E-state index contributed by atoms with van der Waals surface area (Å²) in [6.45, 7) is 2.43. The number of rotatable bonds is 8. The first-order chi connectivity index (χ1) is 15.0. The van der Waals surface area contributed by atoms with Gasteiger partial charge in [-0.25, -0.2) is 4.79 Å². The lowest BCUT2D eigenvalue weighted by Crippen LogP contribution is -2.40. The smallest absolute Gasteiger partial charge is 0.326 e. The Hall–Kier alpha value is -3.51. The summed E-state index contributed by atoms with van der Waals surface area (Å²) < 4.78 is 5.82. The molecule has 0 saturated carbocycles. The van der Waals surface area contributed by atoms with Gasteiger partial charge in [-0.15, -0.1) is 0 Å². The Balaban J connectivity index is 1.73. The van der Waals surface area contributed by atoms with Crippen LogP contribution in [0, 0.1) is 0 Å². The molecule has 0 heterocycles. The van der Waals surface area contributed by atoms with Crippen molar-refractivity contribution >= 4 is 34.9 Å². The number of nitrogens with zero attached hydrogens (tertiary/aromatic N) is 1. The predicted molar refractivity (Wildman–Crippen MR) is 124 cm³/mol. The van der Waals surface area contributed by atoms with Crippen LogP contribution in [-0.2, 0) is 4.79 Å². The van der Waals surface area contributed by atoms with E-state index >= 15 is 0 Å². The van der Waals surface area contributed by atoms with Crippen LogP contribution in [0.15, 0.2) is 78.9 Å². The number of urea groups is 1. The van der Waals surface area contributed by atoms with Crippen molar-refractivity contribution in [1.82, 2.24) is 5.32 Å². The highest BCUT2D eigenvalue weighted by Crippen LogP contribution is 2.25. The van der Waals surface area contributed by atoms with E-state index in [4.69, 9.17) is 16.3 Å². The summed E-state index contributed by atoms with van der Waals surface area (Å²) in [5.74, 6) is 1.33. The van der Waals surface area contributed by atoms with E-state index in [1.807, 2.05) is 30.3 Å². The Morgan fingerprint density at radius 3 is 2.19 bits per heavy atom. The van der Waals surface area contributed by atoms with Gasteiger partial charge in [-0.3, -0.25) is 9.69 Å². The minimum atomic E-state index is -0.315. The lowest BCUT2D eigenvalue weighted by molar-refractivity contribution is -0.120. The first kappa shape index (κ1) is 22.2. The normalized spacial score (nSPS) is 10.3.